The Morgan fingerprint density at radius 3 is 2.52 bits per heavy atom. The number of carbonyl (C=O) groups is 1. The number of nitrogens with two attached hydrogens (primary N) is 1. The van der Waals surface area contributed by atoms with Gasteiger partial charge in [-0.2, -0.15) is 4.98 Å². The number of pyridine rings is 1. The van der Waals surface area contributed by atoms with E-state index < -0.39 is 0 Å². The van der Waals surface area contributed by atoms with Crippen LogP contribution in [0.1, 0.15) is 25.8 Å². The van der Waals surface area contributed by atoms with Gasteiger partial charge in [0.2, 0.25) is 11.9 Å². The van der Waals surface area contributed by atoms with E-state index in [1.165, 1.54) is 6.42 Å². The summed E-state index contributed by atoms with van der Waals surface area (Å²) in [5.74, 6) is 1.63. The highest BCUT2D eigenvalue weighted by molar-refractivity contribution is 5.79. The Bertz CT molecular complexity index is 952. The average Bonchev–Trinajstić information content (AvgIpc) is 3.01. The summed E-state index contributed by atoms with van der Waals surface area (Å²) in [5, 5.41) is 4.26. The molecular formula is C21H25N5O. The lowest BCUT2D eigenvalue weighted by atomic mass is 9.91. The van der Waals surface area contributed by atoms with Crippen LogP contribution in [-0.4, -0.2) is 38.5 Å². The molecule has 2 atom stereocenters. The number of fused-ring (bicyclic) bond motifs is 1. The molecule has 2 unspecified atom stereocenters. The normalized spacial score (nSPS) is 20.1. The van der Waals surface area contributed by atoms with E-state index in [4.69, 9.17) is 5.73 Å². The van der Waals surface area contributed by atoms with E-state index in [2.05, 4.69) is 23.9 Å². The van der Waals surface area contributed by atoms with Crippen LogP contribution in [0.3, 0.4) is 0 Å². The third kappa shape index (κ3) is 3.65. The molecule has 6 nitrogen and oxygen atoms in total. The molecule has 2 N–H and O–H groups in total. The van der Waals surface area contributed by atoms with Crippen molar-refractivity contribution in [2.75, 3.05) is 18.8 Å². The average molecular weight is 363 g/mol. The highest BCUT2D eigenvalue weighted by atomic mass is 16.2. The molecule has 0 saturated carbocycles. The van der Waals surface area contributed by atoms with Gasteiger partial charge in [-0.3, -0.25) is 4.79 Å². The fourth-order valence-corrected chi connectivity index (χ4v) is 4.09. The summed E-state index contributed by atoms with van der Waals surface area (Å²) in [5.41, 5.74) is 9.41. The van der Waals surface area contributed by atoms with Crippen LogP contribution in [0.25, 0.3) is 16.9 Å². The number of rotatable bonds is 3. The van der Waals surface area contributed by atoms with Gasteiger partial charge in [0.25, 0.3) is 0 Å². The number of hydrogen-bond donors (Lipinski definition) is 1. The maximum atomic E-state index is 12.7. The van der Waals surface area contributed by atoms with Crippen LogP contribution in [0.4, 0.5) is 5.95 Å². The Labute approximate surface area is 159 Å². The molecule has 2 aromatic heterocycles. The van der Waals surface area contributed by atoms with Gasteiger partial charge in [0.05, 0.1) is 12.1 Å². The minimum Gasteiger partial charge on any atom is -0.366 e. The number of hydrogen-bond acceptors (Lipinski definition) is 4. The summed E-state index contributed by atoms with van der Waals surface area (Å²) in [6.07, 6.45) is 1.65. The Morgan fingerprint density at radius 2 is 1.81 bits per heavy atom. The van der Waals surface area contributed by atoms with Gasteiger partial charge in [-0.15, -0.1) is 5.10 Å². The quantitative estimate of drug-likeness (QED) is 0.776. The van der Waals surface area contributed by atoms with Crippen LogP contribution < -0.4 is 5.73 Å². The first kappa shape index (κ1) is 17.5. The van der Waals surface area contributed by atoms with E-state index >= 15 is 0 Å². The van der Waals surface area contributed by atoms with E-state index in [0.717, 1.165) is 35.6 Å². The maximum absolute atomic E-state index is 12.7. The van der Waals surface area contributed by atoms with Crippen LogP contribution in [-0.2, 0) is 11.2 Å². The highest BCUT2D eigenvalue weighted by Crippen LogP contribution is 2.23. The molecule has 1 aliphatic rings. The van der Waals surface area contributed by atoms with E-state index in [1.54, 1.807) is 4.52 Å². The first-order valence-corrected chi connectivity index (χ1v) is 9.48. The lowest BCUT2D eigenvalue weighted by molar-refractivity contribution is -0.133. The number of nitrogen functional groups attached to an aromatic ring is 1. The third-order valence-electron chi connectivity index (χ3n) is 5.20. The van der Waals surface area contributed by atoms with E-state index in [-0.39, 0.29) is 11.9 Å². The predicted octanol–water partition coefficient (Wildman–Crippen LogP) is 3.03. The second-order valence-electron chi connectivity index (χ2n) is 7.77. The Balaban J connectivity index is 1.51. The molecule has 1 saturated heterocycles. The van der Waals surface area contributed by atoms with Crippen LogP contribution >= 0.6 is 0 Å². The van der Waals surface area contributed by atoms with E-state index in [0.29, 0.717) is 18.3 Å². The molecule has 6 heteroatoms. The van der Waals surface area contributed by atoms with Crippen molar-refractivity contribution < 1.29 is 4.79 Å². The molecule has 1 fully saturated rings. The van der Waals surface area contributed by atoms with E-state index in [9.17, 15) is 4.79 Å². The van der Waals surface area contributed by atoms with Crippen molar-refractivity contribution in [2.45, 2.75) is 26.7 Å². The molecule has 1 aromatic carbocycles. The second-order valence-corrected chi connectivity index (χ2v) is 7.77. The minimum absolute atomic E-state index is 0.215. The zero-order chi connectivity index (χ0) is 19.0. The number of aromatic nitrogens is 3. The van der Waals surface area contributed by atoms with Crippen LogP contribution in [0.5, 0.6) is 0 Å². The SMILES string of the molecule is CC1CC(C)CN(C(=O)Cc2ccc(-c3cccc4nc(N)nn34)cc2)C1. The number of piperidine rings is 1. The number of benzene rings is 1. The number of amides is 1. The molecule has 3 heterocycles. The molecule has 3 aromatic rings. The number of carbonyl (C=O) groups excluding carboxylic acids is 1. The molecule has 0 aliphatic carbocycles. The van der Waals surface area contributed by atoms with Crippen LogP contribution in [0.2, 0.25) is 0 Å². The highest BCUT2D eigenvalue weighted by Gasteiger charge is 2.25. The van der Waals surface area contributed by atoms with Gasteiger partial charge < -0.3 is 10.6 Å². The predicted molar refractivity (Wildman–Crippen MR) is 106 cm³/mol. The minimum atomic E-state index is 0.215. The van der Waals surface area contributed by atoms with Gasteiger partial charge in [-0.1, -0.05) is 44.2 Å². The Kier molecular flexibility index (Phi) is 4.56. The second kappa shape index (κ2) is 7.02. The standard InChI is InChI=1S/C21H25N5O/c1-14-10-15(2)13-25(12-14)20(27)11-16-6-8-17(9-7-16)18-4-3-5-19-23-21(22)24-26(18)19/h3-9,14-15H,10-13H2,1-2H3,(H2,22,24). The van der Waals surface area contributed by atoms with Crippen molar-refractivity contribution in [1.29, 1.82) is 0 Å². The number of nitrogens with zero attached hydrogens (tertiary/aromatic N) is 4. The summed E-state index contributed by atoms with van der Waals surface area (Å²) in [6.45, 7) is 6.19. The lowest BCUT2D eigenvalue weighted by Crippen LogP contribution is -2.43. The fourth-order valence-electron chi connectivity index (χ4n) is 4.09. The zero-order valence-electron chi connectivity index (χ0n) is 15.8. The fraction of sp³-hybridized carbons (Fsp3) is 0.381. The van der Waals surface area contributed by atoms with Gasteiger partial charge in [-0.05, 0) is 36.0 Å². The molecule has 1 aliphatic heterocycles. The van der Waals surface area contributed by atoms with Crippen molar-refractivity contribution in [1.82, 2.24) is 19.5 Å². The summed E-state index contributed by atoms with van der Waals surface area (Å²) in [4.78, 5) is 18.9. The summed E-state index contributed by atoms with van der Waals surface area (Å²) in [7, 11) is 0. The van der Waals surface area contributed by atoms with E-state index in [1.807, 2.05) is 47.4 Å². The smallest absolute Gasteiger partial charge is 0.240 e. The van der Waals surface area contributed by atoms with Gasteiger partial charge in [0.15, 0.2) is 5.65 Å². The Morgan fingerprint density at radius 1 is 1.11 bits per heavy atom. The summed E-state index contributed by atoms with van der Waals surface area (Å²) < 4.78 is 1.74. The Hall–Kier alpha value is -2.89. The van der Waals surface area contributed by atoms with Gasteiger partial charge in [0.1, 0.15) is 0 Å². The number of likely N-dealkylation sites (tertiary alicyclic amines) is 1. The van der Waals surface area contributed by atoms with Gasteiger partial charge >= 0.3 is 0 Å². The van der Waals surface area contributed by atoms with Gasteiger partial charge in [0, 0.05) is 18.7 Å². The van der Waals surface area contributed by atoms with Crippen molar-refractivity contribution >= 4 is 17.5 Å². The summed E-state index contributed by atoms with van der Waals surface area (Å²) in [6, 6.07) is 13.9. The molecular weight excluding hydrogens is 338 g/mol. The first-order chi connectivity index (χ1) is 13.0. The van der Waals surface area contributed by atoms with Gasteiger partial charge in [-0.25, -0.2) is 4.52 Å². The summed E-state index contributed by atoms with van der Waals surface area (Å²) >= 11 is 0. The largest absolute Gasteiger partial charge is 0.366 e. The third-order valence-corrected chi connectivity index (χ3v) is 5.20. The van der Waals surface area contributed by atoms with Crippen LogP contribution in [0.15, 0.2) is 42.5 Å². The maximum Gasteiger partial charge on any atom is 0.240 e. The van der Waals surface area contributed by atoms with Crippen molar-refractivity contribution in [3.63, 3.8) is 0 Å². The van der Waals surface area contributed by atoms with Crippen molar-refractivity contribution in [3.8, 4) is 11.3 Å². The molecule has 4 rings (SSSR count). The molecule has 0 spiro atoms. The molecule has 1 amide bonds. The van der Waals surface area contributed by atoms with Crippen LogP contribution in [0, 0.1) is 11.8 Å². The first-order valence-electron chi connectivity index (χ1n) is 9.48. The molecule has 0 radical (unpaired) electrons. The molecule has 27 heavy (non-hydrogen) atoms. The monoisotopic (exact) mass is 363 g/mol. The van der Waals surface area contributed by atoms with Crippen molar-refractivity contribution in [2.24, 2.45) is 11.8 Å². The molecule has 140 valence electrons. The number of anilines is 1. The lowest BCUT2D eigenvalue weighted by Gasteiger charge is -2.35. The zero-order valence-corrected chi connectivity index (χ0v) is 15.8. The van der Waals surface area contributed by atoms with Crippen molar-refractivity contribution in [3.05, 3.63) is 48.0 Å². The molecule has 0 bridgehead atoms. The topological polar surface area (TPSA) is 76.5 Å².